The first-order chi connectivity index (χ1) is 11.2. The Morgan fingerprint density at radius 3 is 2.74 bits per heavy atom. The van der Waals surface area contributed by atoms with Gasteiger partial charge in [0.25, 0.3) is 0 Å². The standard InChI is InChI=1S/C17H15BrClN3O/c18-12-2-1-3-14(10-12)23-13-6-8-22(9-7-13)17-5-4-15(19)16(11-20)21-17/h1-5,10,13H,6-9H2. The molecule has 0 atom stereocenters. The highest BCUT2D eigenvalue weighted by Gasteiger charge is 2.22. The number of hydrogen-bond donors (Lipinski definition) is 0. The number of piperidine rings is 1. The Balaban J connectivity index is 1.61. The third-order valence-corrected chi connectivity index (χ3v) is 4.60. The minimum absolute atomic E-state index is 0.197. The van der Waals surface area contributed by atoms with Crippen LogP contribution in [0.15, 0.2) is 40.9 Å². The average Bonchev–Trinajstić information content (AvgIpc) is 2.56. The van der Waals surface area contributed by atoms with Crippen molar-refractivity contribution in [2.24, 2.45) is 0 Å². The predicted octanol–water partition coefficient (Wildman–Crippen LogP) is 4.42. The highest BCUT2D eigenvalue weighted by molar-refractivity contribution is 9.10. The summed E-state index contributed by atoms with van der Waals surface area (Å²) in [7, 11) is 0. The van der Waals surface area contributed by atoms with Crippen LogP contribution in [0.5, 0.6) is 5.75 Å². The molecular formula is C17H15BrClN3O. The maximum atomic E-state index is 9.03. The maximum absolute atomic E-state index is 9.03. The quantitative estimate of drug-likeness (QED) is 0.776. The summed E-state index contributed by atoms with van der Waals surface area (Å²) in [5.74, 6) is 1.68. The zero-order valence-corrected chi connectivity index (χ0v) is 14.7. The average molecular weight is 393 g/mol. The van der Waals surface area contributed by atoms with Crippen molar-refractivity contribution < 1.29 is 4.74 Å². The number of halogens is 2. The normalized spacial score (nSPS) is 15.3. The zero-order chi connectivity index (χ0) is 16.2. The lowest BCUT2D eigenvalue weighted by Gasteiger charge is -2.33. The van der Waals surface area contributed by atoms with E-state index in [9.17, 15) is 0 Å². The minimum Gasteiger partial charge on any atom is -0.490 e. The number of nitrogens with zero attached hydrogens (tertiary/aromatic N) is 3. The van der Waals surface area contributed by atoms with Crippen LogP contribution in [0.4, 0.5) is 5.82 Å². The Hall–Kier alpha value is -1.77. The largest absolute Gasteiger partial charge is 0.490 e. The monoisotopic (exact) mass is 391 g/mol. The minimum atomic E-state index is 0.197. The number of benzene rings is 1. The van der Waals surface area contributed by atoms with E-state index in [1.807, 2.05) is 36.4 Å². The van der Waals surface area contributed by atoms with Crippen molar-refractivity contribution in [2.45, 2.75) is 18.9 Å². The molecule has 0 unspecified atom stereocenters. The summed E-state index contributed by atoms with van der Waals surface area (Å²) in [4.78, 5) is 6.49. The molecule has 0 spiro atoms. The van der Waals surface area contributed by atoms with Crippen LogP contribution in [-0.4, -0.2) is 24.2 Å². The Kier molecular flexibility index (Phi) is 5.04. The zero-order valence-electron chi connectivity index (χ0n) is 12.4. The Labute approximate surface area is 148 Å². The summed E-state index contributed by atoms with van der Waals surface area (Å²) in [5, 5.41) is 9.42. The molecule has 2 heterocycles. The van der Waals surface area contributed by atoms with Gasteiger partial charge in [-0.15, -0.1) is 0 Å². The number of hydrogen-bond acceptors (Lipinski definition) is 4. The van der Waals surface area contributed by atoms with Crippen molar-refractivity contribution in [3.05, 3.63) is 51.6 Å². The molecule has 2 aromatic rings. The van der Waals surface area contributed by atoms with Crippen LogP contribution < -0.4 is 9.64 Å². The van der Waals surface area contributed by atoms with Crippen molar-refractivity contribution >= 4 is 33.3 Å². The molecular weight excluding hydrogens is 378 g/mol. The van der Waals surface area contributed by atoms with Gasteiger partial charge in [-0.25, -0.2) is 4.98 Å². The number of anilines is 1. The second kappa shape index (κ2) is 7.20. The second-order valence-electron chi connectivity index (χ2n) is 5.37. The fourth-order valence-electron chi connectivity index (χ4n) is 2.62. The lowest BCUT2D eigenvalue weighted by molar-refractivity contribution is 0.170. The summed E-state index contributed by atoms with van der Waals surface area (Å²) in [6.07, 6.45) is 2.03. The third kappa shape index (κ3) is 3.95. The number of aromatic nitrogens is 1. The number of pyridine rings is 1. The van der Waals surface area contributed by atoms with Crippen LogP contribution >= 0.6 is 27.5 Å². The second-order valence-corrected chi connectivity index (χ2v) is 6.70. The van der Waals surface area contributed by atoms with E-state index in [0.29, 0.717) is 5.02 Å². The molecule has 3 rings (SSSR count). The summed E-state index contributed by atoms with van der Waals surface area (Å²) in [6.45, 7) is 1.69. The van der Waals surface area contributed by atoms with E-state index in [2.05, 4.69) is 25.8 Å². The third-order valence-electron chi connectivity index (χ3n) is 3.80. The van der Waals surface area contributed by atoms with E-state index >= 15 is 0 Å². The number of rotatable bonds is 3. The molecule has 1 aromatic heterocycles. The first kappa shape index (κ1) is 16.1. The molecule has 0 amide bonds. The summed E-state index contributed by atoms with van der Waals surface area (Å²) in [5.41, 5.74) is 0.275. The maximum Gasteiger partial charge on any atom is 0.161 e. The summed E-state index contributed by atoms with van der Waals surface area (Å²) in [6, 6.07) is 13.5. The van der Waals surface area contributed by atoms with Gasteiger partial charge in [0.1, 0.15) is 23.7 Å². The molecule has 1 aliphatic heterocycles. The van der Waals surface area contributed by atoms with E-state index in [1.165, 1.54) is 0 Å². The van der Waals surface area contributed by atoms with Crippen molar-refractivity contribution in [3.8, 4) is 11.8 Å². The van der Waals surface area contributed by atoms with E-state index < -0.39 is 0 Å². The van der Waals surface area contributed by atoms with E-state index in [0.717, 1.165) is 42.0 Å². The fourth-order valence-corrected chi connectivity index (χ4v) is 3.15. The smallest absolute Gasteiger partial charge is 0.161 e. The van der Waals surface area contributed by atoms with Gasteiger partial charge < -0.3 is 9.64 Å². The first-order valence-corrected chi connectivity index (χ1v) is 8.56. The highest BCUT2D eigenvalue weighted by Crippen LogP contribution is 2.25. The van der Waals surface area contributed by atoms with Crippen LogP contribution in [0.3, 0.4) is 0 Å². The van der Waals surface area contributed by atoms with Crippen LogP contribution in [-0.2, 0) is 0 Å². The van der Waals surface area contributed by atoms with Crippen LogP contribution in [0.2, 0.25) is 5.02 Å². The molecule has 0 bridgehead atoms. The molecule has 23 heavy (non-hydrogen) atoms. The van der Waals surface area contributed by atoms with E-state index in [-0.39, 0.29) is 11.8 Å². The molecule has 1 aliphatic rings. The summed E-state index contributed by atoms with van der Waals surface area (Å²) < 4.78 is 7.05. The molecule has 0 saturated carbocycles. The van der Waals surface area contributed by atoms with E-state index in [1.54, 1.807) is 6.07 Å². The van der Waals surface area contributed by atoms with Gasteiger partial charge in [-0.1, -0.05) is 33.6 Å². The van der Waals surface area contributed by atoms with Gasteiger partial charge in [0.05, 0.1) is 5.02 Å². The summed E-state index contributed by atoms with van der Waals surface area (Å²) >= 11 is 9.39. The Bertz CT molecular complexity index is 739. The van der Waals surface area contributed by atoms with Gasteiger partial charge >= 0.3 is 0 Å². The lowest BCUT2D eigenvalue weighted by atomic mass is 10.1. The van der Waals surface area contributed by atoms with Crippen LogP contribution in [0.25, 0.3) is 0 Å². The molecule has 1 fully saturated rings. The Morgan fingerprint density at radius 2 is 2.04 bits per heavy atom. The van der Waals surface area contributed by atoms with Gasteiger partial charge in [0, 0.05) is 30.4 Å². The highest BCUT2D eigenvalue weighted by atomic mass is 79.9. The van der Waals surface area contributed by atoms with Crippen molar-refractivity contribution in [3.63, 3.8) is 0 Å². The molecule has 1 aromatic carbocycles. The van der Waals surface area contributed by atoms with Gasteiger partial charge in [-0.2, -0.15) is 5.26 Å². The van der Waals surface area contributed by atoms with Crippen molar-refractivity contribution in [2.75, 3.05) is 18.0 Å². The SMILES string of the molecule is N#Cc1nc(N2CCC(Oc3cccc(Br)c3)CC2)ccc1Cl. The molecule has 1 saturated heterocycles. The van der Waals surface area contributed by atoms with Gasteiger partial charge in [-0.05, 0) is 30.3 Å². The van der Waals surface area contributed by atoms with Gasteiger partial charge in [0.15, 0.2) is 5.69 Å². The molecule has 4 nitrogen and oxygen atoms in total. The molecule has 0 radical (unpaired) electrons. The molecule has 0 aliphatic carbocycles. The molecule has 6 heteroatoms. The van der Waals surface area contributed by atoms with Crippen LogP contribution in [0.1, 0.15) is 18.5 Å². The first-order valence-electron chi connectivity index (χ1n) is 7.39. The fraction of sp³-hybridized carbons (Fsp3) is 0.294. The lowest BCUT2D eigenvalue weighted by Crippen LogP contribution is -2.38. The molecule has 118 valence electrons. The molecule has 0 N–H and O–H groups in total. The predicted molar refractivity (Wildman–Crippen MR) is 94.0 cm³/mol. The number of ether oxygens (including phenoxy) is 1. The topological polar surface area (TPSA) is 49.2 Å². The van der Waals surface area contributed by atoms with Gasteiger partial charge in [0.2, 0.25) is 0 Å². The van der Waals surface area contributed by atoms with Crippen LogP contribution in [0, 0.1) is 11.3 Å². The Morgan fingerprint density at radius 1 is 1.26 bits per heavy atom. The van der Waals surface area contributed by atoms with Crippen molar-refractivity contribution in [1.82, 2.24) is 4.98 Å². The van der Waals surface area contributed by atoms with Crippen molar-refractivity contribution in [1.29, 1.82) is 5.26 Å². The number of nitriles is 1. The van der Waals surface area contributed by atoms with E-state index in [4.69, 9.17) is 21.6 Å². The van der Waals surface area contributed by atoms with Gasteiger partial charge in [-0.3, -0.25) is 0 Å².